The molecular weight excluding hydrogens is 154 g/mol. The Kier molecular flexibility index (Phi) is 3.38. The molecule has 1 heterocycles. The van der Waals surface area contributed by atoms with Crippen LogP contribution in [0, 0.1) is 0 Å². The molecule has 1 fully saturated rings. The molecule has 3 heteroatoms. The number of hydrogen-bond donors (Lipinski definition) is 0. The second-order valence-electron chi connectivity index (χ2n) is 3.30. The molecule has 3 nitrogen and oxygen atoms in total. The van der Waals surface area contributed by atoms with Crippen molar-refractivity contribution < 1.29 is 9.53 Å². The van der Waals surface area contributed by atoms with Crippen molar-refractivity contribution in [2.75, 3.05) is 13.2 Å². The molecule has 0 aromatic carbocycles. The number of hydrogen-bond acceptors (Lipinski definition) is 2. The average Bonchev–Trinajstić information content (AvgIpc) is 2.47. The summed E-state index contributed by atoms with van der Waals surface area (Å²) in [5.74, 6) is 0. The molecular formula is C9H17NO2. The SMILES string of the molecule is CCCOC(=O)N1CCCC1C. The fourth-order valence-electron chi connectivity index (χ4n) is 1.48. The maximum atomic E-state index is 11.3. The van der Waals surface area contributed by atoms with Crippen LogP contribution in [0.25, 0.3) is 0 Å². The first-order valence-electron chi connectivity index (χ1n) is 4.69. The van der Waals surface area contributed by atoms with Gasteiger partial charge in [-0.1, -0.05) is 6.92 Å². The molecule has 1 amide bonds. The van der Waals surface area contributed by atoms with Crippen molar-refractivity contribution in [3.63, 3.8) is 0 Å². The van der Waals surface area contributed by atoms with Crippen LogP contribution in [0.5, 0.6) is 0 Å². The summed E-state index contributed by atoms with van der Waals surface area (Å²) in [5.41, 5.74) is 0. The van der Waals surface area contributed by atoms with Crippen LogP contribution >= 0.6 is 0 Å². The third kappa shape index (κ3) is 2.13. The maximum Gasteiger partial charge on any atom is 0.409 e. The lowest BCUT2D eigenvalue weighted by molar-refractivity contribution is 0.101. The Bertz CT molecular complexity index is 159. The quantitative estimate of drug-likeness (QED) is 0.636. The van der Waals surface area contributed by atoms with Gasteiger partial charge in [0.15, 0.2) is 0 Å². The van der Waals surface area contributed by atoms with Gasteiger partial charge in [0.05, 0.1) is 6.61 Å². The van der Waals surface area contributed by atoms with E-state index in [2.05, 4.69) is 6.92 Å². The van der Waals surface area contributed by atoms with E-state index in [0.717, 1.165) is 25.8 Å². The fourth-order valence-corrected chi connectivity index (χ4v) is 1.48. The maximum absolute atomic E-state index is 11.3. The van der Waals surface area contributed by atoms with Gasteiger partial charge in [-0.05, 0) is 26.2 Å². The van der Waals surface area contributed by atoms with Crippen LogP contribution in [-0.2, 0) is 4.74 Å². The highest BCUT2D eigenvalue weighted by molar-refractivity contribution is 5.68. The van der Waals surface area contributed by atoms with Crippen molar-refractivity contribution in [3.05, 3.63) is 0 Å². The Hall–Kier alpha value is -0.730. The van der Waals surface area contributed by atoms with E-state index < -0.39 is 0 Å². The summed E-state index contributed by atoms with van der Waals surface area (Å²) in [7, 11) is 0. The van der Waals surface area contributed by atoms with Gasteiger partial charge in [0.25, 0.3) is 0 Å². The van der Waals surface area contributed by atoms with Crippen LogP contribution in [0.3, 0.4) is 0 Å². The lowest BCUT2D eigenvalue weighted by atomic mass is 10.2. The van der Waals surface area contributed by atoms with E-state index in [4.69, 9.17) is 4.74 Å². The van der Waals surface area contributed by atoms with Gasteiger partial charge in [0, 0.05) is 12.6 Å². The monoisotopic (exact) mass is 171 g/mol. The second kappa shape index (κ2) is 4.33. The van der Waals surface area contributed by atoms with Crippen LogP contribution in [0.2, 0.25) is 0 Å². The smallest absolute Gasteiger partial charge is 0.409 e. The summed E-state index contributed by atoms with van der Waals surface area (Å²) in [6.45, 7) is 5.48. The van der Waals surface area contributed by atoms with Gasteiger partial charge in [-0.25, -0.2) is 4.79 Å². The van der Waals surface area contributed by atoms with E-state index >= 15 is 0 Å². The topological polar surface area (TPSA) is 29.5 Å². The molecule has 0 aromatic rings. The van der Waals surface area contributed by atoms with Crippen molar-refractivity contribution in [3.8, 4) is 0 Å². The van der Waals surface area contributed by atoms with E-state index in [1.165, 1.54) is 0 Å². The minimum Gasteiger partial charge on any atom is -0.449 e. The van der Waals surface area contributed by atoms with Crippen LogP contribution in [0.15, 0.2) is 0 Å². The van der Waals surface area contributed by atoms with Crippen LogP contribution in [-0.4, -0.2) is 30.2 Å². The normalized spacial score (nSPS) is 22.8. The van der Waals surface area contributed by atoms with E-state index in [1.54, 1.807) is 0 Å². The fraction of sp³-hybridized carbons (Fsp3) is 0.889. The zero-order valence-corrected chi connectivity index (χ0v) is 7.88. The zero-order valence-electron chi connectivity index (χ0n) is 7.88. The molecule has 0 spiro atoms. The van der Waals surface area contributed by atoms with E-state index in [1.807, 2.05) is 11.8 Å². The molecule has 1 saturated heterocycles. The van der Waals surface area contributed by atoms with Gasteiger partial charge in [-0.15, -0.1) is 0 Å². The van der Waals surface area contributed by atoms with Crippen molar-refractivity contribution in [2.24, 2.45) is 0 Å². The van der Waals surface area contributed by atoms with Crippen LogP contribution in [0.1, 0.15) is 33.1 Å². The number of carbonyl (C=O) groups excluding carboxylic acids is 1. The Morgan fingerprint density at radius 1 is 1.67 bits per heavy atom. The van der Waals surface area contributed by atoms with Gasteiger partial charge in [-0.2, -0.15) is 0 Å². The summed E-state index contributed by atoms with van der Waals surface area (Å²) >= 11 is 0. The third-order valence-corrected chi connectivity index (χ3v) is 2.22. The molecule has 0 bridgehead atoms. The number of likely N-dealkylation sites (tertiary alicyclic amines) is 1. The Balaban J connectivity index is 2.30. The molecule has 1 aliphatic rings. The Labute approximate surface area is 73.7 Å². The van der Waals surface area contributed by atoms with Gasteiger partial charge < -0.3 is 9.64 Å². The van der Waals surface area contributed by atoms with Gasteiger partial charge >= 0.3 is 6.09 Å². The molecule has 12 heavy (non-hydrogen) atoms. The summed E-state index contributed by atoms with van der Waals surface area (Å²) in [6.07, 6.45) is 2.99. The second-order valence-corrected chi connectivity index (χ2v) is 3.30. The summed E-state index contributed by atoms with van der Waals surface area (Å²) in [6, 6.07) is 0.370. The molecule has 1 atom stereocenters. The van der Waals surface area contributed by atoms with E-state index in [0.29, 0.717) is 12.6 Å². The highest BCUT2D eigenvalue weighted by Crippen LogP contribution is 2.17. The number of carbonyl (C=O) groups is 1. The highest BCUT2D eigenvalue weighted by atomic mass is 16.6. The van der Waals surface area contributed by atoms with Crippen molar-refractivity contribution in [1.29, 1.82) is 0 Å². The first kappa shape index (κ1) is 9.36. The predicted octanol–water partition coefficient (Wildman–Crippen LogP) is 2.02. The minimum absolute atomic E-state index is 0.137. The number of rotatable bonds is 2. The lowest BCUT2D eigenvalue weighted by Gasteiger charge is -2.20. The molecule has 1 rings (SSSR count). The molecule has 0 radical (unpaired) electrons. The first-order chi connectivity index (χ1) is 5.75. The molecule has 0 saturated carbocycles. The minimum atomic E-state index is -0.137. The predicted molar refractivity (Wildman–Crippen MR) is 47.0 cm³/mol. The van der Waals surface area contributed by atoms with Gasteiger partial charge in [0.2, 0.25) is 0 Å². The van der Waals surface area contributed by atoms with Crippen molar-refractivity contribution in [2.45, 2.75) is 39.2 Å². The van der Waals surface area contributed by atoms with Crippen LogP contribution in [0.4, 0.5) is 4.79 Å². The molecule has 0 N–H and O–H groups in total. The van der Waals surface area contributed by atoms with Crippen LogP contribution < -0.4 is 0 Å². The summed E-state index contributed by atoms with van der Waals surface area (Å²) in [4.78, 5) is 13.1. The number of nitrogens with zero attached hydrogens (tertiary/aromatic N) is 1. The summed E-state index contributed by atoms with van der Waals surface area (Å²) < 4.78 is 5.03. The zero-order chi connectivity index (χ0) is 8.97. The Morgan fingerprint density at radius 2 is 2.42 bits per heavy atom. The molecule has 70 valence electrons. The van der Waals surface area contributed by atoms with E-state index in [-0.39, 0.29) is 6.09 Å². The first-order valence-corrected chi connectivity index (χ1v) is 4.69. The molecule has 1 unspecified atom stereocenters. The summed E-state index contributed by atoms with van der Waals surface area (Å²) in [5, 5.41) is 0. The molecule has 0 aliphatic carbocycles. The standard InChI is InChI=1S/C9H17NO2/c1-3-7-12-9(11)10-6-4-5-8(10)2/h8H,3-7H2,1-2H3. The van der Waals surface area contributed by atoms with Gasteiger partial charge in [0.1, 0.15) is 0 Å². The number of amides is 1. The van der Waals surface area contributed by atoms with Gasteiger partial charge in [-0.3, -0.25) is 0 Å². The number of ether oxygens (including phenoxy) is 1. The average molecular weight is 171 g/mol. The van der Waals surface area contributed by atoms with Crippen molar-refractivity contribution in [1.82, 2.24) is 4.90 Å². The lowest BCUT2D eigenvalue weighted by Crippen LogP contribution is -2.34. The largest absolute Gasteiger partial charge is 0.449 e. The van der Waals surface area contributed by atoms with Crippen molar-refractivity contribution >= 4 is 6.09 Å². The molecule has 0 aromatic heterocycles. The van der Waals surface area contributed by atoms with E-state index in [9.17, 15) is 4.79 Å². The third-order valence-electron chi connectivity index (χ3n) is 2.22. The highest BCUT2D eigenvalue weighted by Gasteiger charge is 2.25. The molecule has 1 aliphatic heterocycles. The Morgan fingerprint density at radius 3 is 2.92 bits per heavy atom.